The summed E-state index contributed by atoms with van der Waals surface area (Å²) >= 11 is 0. The van der Waals surface area contributed by atoms with Gasteiger partial charge >= 0.3 is 0 Å². The lowest BCUT2D eigenvalue weighted by molar-refractivity contribution is -0.121. The fourth-order valence-electron chi connectivity index (χ4n) is 4.83. The summed E-state index contributed by atoms with van der Waals surface area (Å²) in [6.07, 6.45) is 6.30. The number of carbonyl (C=O) groups is 1. The van der Waals surface area contributed by atoms with Crippen LogP contribution in [0.3, 0.4) is 0 Å². The van der Waals surface area contributed by atoms with E-state index in [-0.39, 0.29) is 5.91 Å². The van der Waals surface area contributed by atoms with Gasteiger partial charge in [-0.05, 0) is 71.4 Å². The molecular formula is C33H32N2O2. The molecule has 0 radical (unpaired) electrons. The molecule has 0 aliphatic heterocycles. The lowest BCUT2D eigenvalue weighted by Gasteiger charge is -2.13. The number of carbonyl (C=O) groups excluding carboxylic acids is 1. The van der Waals surface area contributed by atoms with Gasteiger partial charge in [-0.2, -0.15) is 0 Å². The molecule has 1 aliphatic carbocycles. The van der Waals surface area contributed by atoms with E-state index in [1.165, 1.54) is 22.3 Å². The molecule has 4 nitrogen and oxygen atoms in total. The molecule has 4 aromatic rings. The smallest absolute Gasteiger partial charge is 0.220 e. The maximum absolute atomic E-state index is 12.3. The van der Waals surface area contributed by atoms with Gasteiger partial charge in [-0.15, -0.1) is 0 Å². The fourth-order valence-corrected chi connectivity index (χ4v) is 4.83. The van der Waals surface area contributed by atoms with Crippen LogP contribution in [0.4, 0.5) is 0 Å². The Kier molecular flexibility index (Phi) is 7.18. The van der Waals surface area contributed by atoms with E-state index in [1.807, 2.05) is 24.4 Å². The van der Waals surface area contributed by atoms with Gasteiger partial charge in [0.2, 0.25) is 5.91 Å². The number of pyridine rings is 1. The number of benzene rings is 3. The topological polar surface area (TPSA) is 51.2 Å². The maximum Gasteiger partial charge on any atom is 0.220 e. The van der Waals surface area contributed by atoms with Crippen LogP contribution in [0.2, 0.25) is 0 Å². The second-order valence-electron chi connectivity index (χ2n) is 9.62. The third-order valence-electron chi connectivity index (χ3n) is 7.17. The third kappa shape index (κ3) is 5.49. The molecule has 5 rings (SSSR count). The summed E-state index contributed by atoms with van der Waals surface area (Å²) in [4.78, 5) is 17.1. The number of methoxy groups -OCH3 is 1. The number of fused-ring (bicyclic) bond motifs is 1. The first-order chi connectivity index (χ1) is 18.0. The van der Waals surface area contributed by atoms with Crippen molar-refractivity contribution in [2.45, 2.75) is 39.7 Å². The van der Waals surface area contributed by atoms with Crippen LogP contribution in [-0.2, 0) is 24.2 Å². The minimum absolute atomic E-state index is 0.0712. The summed E-state index contributed by atoms with van der Waals surface area (Å²) in [6, 6.07) is 25.1. The van der Waals surface area contributed by atoms with Crippen LogP contribution in [0.1, 0.15) is 45.5 Å². The van der Waals surface area contributed by atoms with Crippen LogP contribution in [0.5, 0.6) is 5.75 Å². The number of aromatic nitrogens is 1. The van der Waals surface area contributed by atoms with E-state index < -0.39 is 0 Å². The number of nitrogens with zero attached hydrogens (tertiary/aromatic N) is 1. The molecule has 1 aromatic heterocycles. The molecule has 0 unspecified atom stereocenters. The zero-order valence-corrected chi connectivity index (χ0v) is 21.7. The predicted octanol–water partition coefficient (Wildman–Crippen LogP) is 6.61. The minimum Gasteiger partial charge on any atom is -0.496 e. The highest BCUT2D eigenvalue weighted by molar-refractivity contribution is 5.86. The Hall–Kier alpha value is -4.18. The first-order valence-electron chi connectivity index (χ1n) is 12.8. The molecule has 1 heterocycles. The van der Waals surface area contributed by atoms with Gasteiger partial charge in [0.25, 0.3) is 0 Å². The lowest BCUT2D eigenvalue weighted by atomic mass is 9.95. The SMILES string of the molecule is COc1cc(-c2cnc3c(c2)C(c2ccc(CNC(=O)CCc4ccccc4)cc2)=CC3)cc(C)c1C. The molecule has 4 heteroatoms. The highest BCUT2D eigenvalue weighted by Crippen LogP contribution is 2.36. The standard InChI is InChI=1S/C33H32N2O2/c1-22-17-27(19-32(37-3)23(22)2)28-18-30-29(14-15-31(30)34-21-28)26-12-9-25(10-13-26)20-35-33(36)16-11-24-7-5-4-6-8-24/h4-10,12-14,17-19,21H,11,15-16,20H2,1-3H3,(H,35,36). The molecule has 0 atom stereocenters. The van der Waals surface area contributed by atoms with Gasteiger partial charge in [-0.3, -0.25) is 9.78 Å². The number of hydrogen-bond acceptors (Lipinski definition) is 3. The number of nitrogens with one attached hydrogen (secondary N) is 1. The first-order valence-corrected chi connectivity index (χ1v) is 12.8. The van der Waals surface area contributed by atoms with Crippen molar-refractivity contribution in [2.75, 3.05) is 7.11 Å². The summed E-state index contributed by atoms with van der Waals surface area (Å²) in [5, 5.41) is 3.04. The number of allylic oxidation sites excluding steroid dienone is 1. The quantitative estimate of drug-likeness (QED) is 0.304. The number of hydrogen-bond donors (Lipinski definition) is 1. The monoisotopic (exact) mass is 488 g/mol. The van der Waals surface area contributed by atoms with Gasteiger partial charge in [0.05, 0.1) is 12.8 Å². The van der Waals surface area contributed by atoms with Crippen molar-refractivity contribution in [1.29, 1.82) is 0 Å². The van der Waals surface area contributed by atoms with Crippen LogP contribution in [0.15, 0.2) is 85.1 Å². The van der Waals surface area contributed by atoms with Crippen molar-refractivity contribution in [3.63, 3.8) is 0 Å². The van der Waals surface area contributed by atoms with E-state index in [4.69, 9.17) is 9.72 Å². The second-order valence-corrected chi connectivity index (χ2v) is 9.62. The zero-order valence-electron chi connectivity index (χ0n) is 21.7. The van der Waals surface area contributed by atoms with Gasteiger partial charge in [-0.25, -0.2) is 0 Å². The van der Waals surface area contributed by atoms with Crippen molar-refractivity contribution in [3.05, 3.63) is 124 Å². The molecular weight excluding hydrogens is 456 g/mol. The molecule has 1 amide bonds. The number of aryl methyl sites for hydroxylation is 2. The van der Waals surface area contributed by atoms with E-state index in [1.54, 1.807) is 7.11 Å². The van der Waals surface area contributed by atoms with Gasteiger partial charge < -0.3 is 10.1 Å². The molecule has 0 saturated carbocycles. The molecule has 0 bridgehead atoms. The Morgan fingerprint density at radius 2 is 1.70 bits per heavy atom. The van der Waals surface area contributed by atoms with Gasteiger partial charge in [0.15, 0.2) is 0 Å². The highest BCUT2D eigenvalue weighted by Gasteiger charge is 2.18. The average Bonchev–Trinajstić information content (AvgIpc) is 3.36. The van der Waals surface area contributed by atoms with E-state index in [0.717, 1.165) is 52.1 Å². The summed E-state index contributed by atoms with van der Waals surface area (Å²) in [7, 11) is 1.72. The summed E-state index contributed by atoms with van der Waals surface area (Å²) in [5.74, 6) is 0.968. The predicted molar refractivity (Wildman–Crippen MR) is 150 cm³/mol. The fraction of sp³-hybridized carbons (Fsp3) is 0.212. The Balaban J connectivity index is 1.26. The van der Waals surface area contributed by atoms with Crippen molar-refractivity contribution in [2.24, 2.45) is 0 Å². The number of amides is 1. The molecule has 1 aliphatic rings. The second kappa shape index (κ2) is 10.8. The van der Waals surface area contributed by atoms with Gasteiger partial charge in [-0.1, -0.05) is 66.7 Å². The van der Waals surface area contributed by atoms with Gasteiger partial charge in [0.1, 0.15) is 5.75 Å². The molecule has 0 spiro atoms. The van der Waals surface area contributed by atoms with Crippen LogP contribution in [-0.4, -0.2) is 18.0 Å². The Morgan fingerprint density at radius 3 is 2.46 bits per heavy atom. The van der Waals surface area contributed by atoms with Crippen molar-refractivity contribution in [3.8, 4) is 16.9 Å². The highest BCUT2D eigenvalue weighted by atomic mass is 16.5. The minimum atomic E-state index is 0.0712. The Bertz CT molecular complexity index is 1450. The van der Waals surface area contributed by atoms with Crippen molar-refractivity contribution < 1.29 is 9.53 Å². The normalized spacial score (nSPS) is 12.1. The lowest BCUT2D eigenvalue weighted by Crippen LogP contribution is -2.22. The van der Waals surface area contributed by atoms with Crippen LogP contribution in [0.25, 0.3) is 16.7 Å². The molecule has 0 fully saturated rings. The number of ether oxygens (including phenoxy) is 1. The molecule has 186 valence electrons. The Morgan fingerprint density at radius 1 is 0.919 bits per heavy atom. The summed E-state index contributed by atoms with van der Waals surface area (Å²) in [5.41, 5.74) is 11.5. The largest absolute Gasteiger partial charge is 0.496 e. The van der Waals surface area contributed by atoms with Crippen LogP contribution >= 0.6 is 0 Å². The Labute approximate surface area is 219 Å². The van der Waals surface area contributed by atoms with Crippen molar-refractivity contribution in [1.82, 2.24) is 10.3 Å². The zero-order chi connectivity index (χ0) is 25.8. The molecule has 0 saturated heterocycles. The average molecular weight is 489 g/mol. The molecule has 1 N–H and O–H groups in total. The summed E-state index contributed by atoms with van der Waals surface area (Å²) in [6.45, 7) is 4.73. The van der Waals surface area contributed by atoms with E-state index in [9.17, 15) is 4.79 Å². The van der Waals surface area contributed by atoms with E-state index in [2.05, 4.69) is 79.8 Å². The van der Waals surface area contributed by atoms with Crippen LogP contribution < -0.4 is 10.1 Å². The van der Waals surface area contributed by atoms with Gasteiger partial charge in [0, 0.05) is 36.7 Å². The summed E-state index contributed by atoms with van der Waals surface area (Å²) < 4.78 is 5.59. The molecule has 3 aromatic carbocycles. The van der Waals surface area contributed by atoms with E-state index >= 15 is 0 Å². The van der Waals surface area contributed by atoms with Crippen molar-refractivity contribution >= 4 is 11.5 Å². The third-order valence-corrected chi connectivity index (χ3v) is 7.17. The number of rotatable bonds is 8. The van der Waals surface area contributed by atoms with Crippen LogP contribution in [0, 0.1) is 13.8 Å². The first kappa shape index (κ1) is 24.5. The van der Waals surface area contributed by atoms with E-state index in [0.29, 0.717) is 13.0 Å². The molecule has 37 heavy (non-hydrogen) atoms. The maximum atomic E-state index is 12.3.